The maximum absolute atomic E-state index is 12.5. The summed E-state index contributed by atoms with van der Waals surface area (Å²) in [5.74, 6) is -0.0651. The van der Waals surface area contributed by atoms with Crippen LogP contribution in [0.1, 0.15) is 29.6 Å². The van der Waals surface area contributed by atoms with Crippen LogP contribution < -0.4 is 10.5 Å². The van der Waals surface area contributed by atoms with Crippen LogP contribution in [0.25, 0.3) is 0 Å². The van der Waals surface area contributed by atoms with Gasteiger partial charge in [0, 0.05) is 31.3 Å². The van der Waals surface area contributed by atoms with Crippen LogP contribution in [0.5, 0.6) is 5.75 Å². The number of nitrogens with two attached hydrogens (primary N) is 1. The molecule has 0 unspecified atom stereocenters. The number of hydrogen-bond donors (Lipinski definition) is 1. The van der Waals surface area contributed by atoms with E-state index in [-0.39, 0.29) is 23.4 Å². The van der Waals surface area contributed by atoms with Crippen molar-refractivity contribution in [3.05, 3.63) is 33.9 Å². The smallest absolute Gasteiger partial charge is 0.311 e. The summed E-state index contributed by atoms with van der Waals surface area (Å²) in [5, 5.41) is 11.1. The fourth-order valence-electron chi connectivity index (χ4n) is 2.71. The number of rotatable bonds is 7. The largest absolute Gasteiger partial charge is 0.490 e. The van der Waals surface area contributed by atoms with Crippen LogP contribution in [0.2, 0.25) is 0 Å². The Morgan fingerprint density at radius 2 is 2.12 bits per heavy atom. The number of nitro benzene ring substituents is 1. The third-order valence-corrected chi connectivity index (χ3v) is 4.05. The van der Waals surface area contributed by atoms with Gasteiger partial charge in [-0.2, -0.15) is 0 Å². The van der Waals surface area contributed by atoms with Crippen molar-refractivity contribution in [2.75, 3.05) is 33.4 Å². The van der Waals surface area contributed by atoms with Gasteiger partial charge in [0.15, 0.2) is 5.75 Å². The highest BCUT2D eigenvalue weighted by Crippen LogP contribution is 2.28. The molecule has 1 aromatic rings. The van der Waals surface area contributed by atoms with Crippen molar-refractivity contribution in [2.24, 2.45) is 5.73 Å². The minimum Gasteiger partial charge on any atom is -0.490 e. The Morgan fingerprint density at radius 3 is 2.71 bits per heavy atom. The third kappa shape index (κ3) is 4.42. The Hall–Kier alpha value is -2.19. The van der Waals surface area contributed by atoms with Crippen molar-refractivity contribution in [3.63, 3.8) is 0 Å². The lowest BCUT2D eigenvalue weighted by molar-refractivity contribution is -0.385. The molecule has 1 fully saturated rings. The summed E-state index contributed by atoms with van der Waals surface area (Å²) < 4.78 is 10.7. The van der Waals surface area contributed by atoms with Crippen LogP contribution in [0.4, 0.5) is 5.69 Å². The highest BCUT2D eigenvalue weighted by atomic mass is 16.6. The maximum Gasteiger partial charge on any atom is 0.311 e. The molecule has 1 heterocycles. The van der Waals surface area contributed by atoms with Gasteiger partial charge in [-0.25, -0.2) is 0 Å². The number of carbonyl (C=O) groups is 1. The first-order valence-electron chi connectivity index (χ1n) is 8.00. The molecule has 0 aromatic heterocycles. The van der Waals surface area contributed by atoms with E-state index in [1.165, 1.54) is 19.2 Å². The van der Waals surface area contributed by atoms with Crippen LogP contribution in [0, 0.1) is 10.1 Å². The van der Waals surface area contributed by atoms with Crippen molar-refractivity contribution in [1.29, 1.82) is 0 Å². The van der Waals surface area contributed by atoms with E-state index in [9.17, 15) is 14.9 Å². The molecule has 1 aliphatic heterocycles. The van der Waals surface area contributed by atoms with Gasteiger partial charge in [-0.15, -0.1) is 0 Å². The Bertz CT molecular complexity index is 585. The lowest BCUT2D eigenvalue weighted by atomic mass is 10.1. The van der Waals surface area contributed by atoms with Crippen LogP contribution in [0.3, 0.4) is 0 Å². The first-order chi connectivity index (χ1) is 11.6. The molecule has 0 spiro atoms. The summed E-state index contributed by atoms with van der Waals surface area (Å²) in [6.45, 7) is 2.39. The van der Waals surface area contributed by atoms with Gasteiger partial charge < -0.3 is 20.1 Å². The fourth-order valence-corrected chi connectivity index (χ4v) is 2.71. The zero-order valence-corrected chi connectivity index (χ0v) is 13.8. The van der Waals surface area contributed by atoms with Gasteiger partial charge in [-0.3, -0.25) is 14.9 Å². The van der Waals surface area contributed by atoms with Crippen LogP contribution in [-0.4, -0.2) is 55.2 Å². The van der Waals surface area contributed by atoms with Crippen LogP contribution in [-0.2, 0) is 4.74 Å². The van der Waals surface area contributed by atoms with Crippen molar-refractivity contribution in [1.82, 2.24) is 4.90 Å². The number of hydrogen-bond acceptors (Lipinski definition) is 6. The second-order valence-electron chi connectivity index (χ2n) is 5.65. The molecule has 0 radical (unpaired) electrons. The molecule has 0 saturated carbocycles. The van der Waals surface area contributed by atoms with E-state index in [0.717, 1.165) is 19.3 Å². The van der Waals surface area contributed by atoms with Crippen molar-refractivity contribution < 1.29 is 19.2 Å². The van der Waals surface area contributed by atoms with E-state index in [0.29, 0.717) is 31.8 Å². The van der Waals surface area contributed by atoms with Crippen LogP contribution in [0.15, 0.2) is 18.2 Å². The average Bonchev–Trinajstić information content (AvgIpc) is 2.61. The predicted molar refractivity (Wildman–Crippen MR) is 88.2 cm³/mol. The minimum atomic E-state index is -0.548. The normalized spacial score (nSPS) is 15.3. The fraction of sp³-hybridized carbons (Fsp3) is 0.562. The highest BCUT2D eigenvalue weighted by molar-refractivity contribution is 5.95. The summed E-state index contributed by atoms with van der Waals surface area (Å²) in [5.41, 5.74) is 5.53. The zero-order valence-electron chi connectivity index (χ0n) is 13.8. The van der Waals surface area contributed by atoms with Gasteiger partial charge in [0.1, 0.15) is 0 Å². The number of likely N-dealkylation sites (tertiary alicyclic amines) is 1. The van der Waals surface area contributed by atoms with Crippen molar-refractivity contribution >= 4 is 11.6 Å². The number of nitrogens with zero attached hydrogens (tertiary/aromatic N) is 2. The molecule has 1 aromatic carbocycles. The predicted octanol–water partition coefficient (Wildman–Crippen LogP) is 1.57. The molecule has 0 aliphatic carbocycles. The maximum atomic E-state index is 12.5. The second-order valence-corrected chi connectivity index (χ2v) is 5.65. The Morgan fingerprint density at radius 1 is 1.42 bits per heavy atom. The van der Waals surface area contributed by atoms with E-state index in [4.69, 9.17) is 15.2 Å². The second kappa shape index (κ2) is 8.60. The quantitative estimate of drug-likeness (QED) is 0.460. The van der Waals surface area contributed by atoms with Gasteiger partial charge in [-0.1, -0.05) is 0 Å². The molecular weight excluding hydrogens is 314 g/mol. The molecule has 1 aliphatic rings. The Labute approximate surface area is 140 Å². The number of methoxy groups -OCH3 is 1. The number of ether oxygens (including phenoxy) is 2. The molecule has 8 heteroatoms. The van der Waals surface area contributed by atoms with Crippen molar-refractivity contribution in [2.45, 2.75) is 25.4 Å². The first-order valence-corrected chi connectivity index (χ1v) is 8.00. The van der Waals surface area contributed by atoms with Crippen molar-refractivity contribution in [3.8, 4) is 5.75 Å². The van der Waals surface area contributed by atoms with Gasteiger partial charge in [0.05, 0.1) is 18.1 Å². The summed E-state index contributed by atoms with van der Waals surface area (Å²) in [4.78, 5) is 24.8. The summed E-state index contributed by atoms with van der Waals surface area (Å²) in [7, 11) is 1.36. The van der Waals surface area contributed by atoms with Crippen LogP contribution >= 0.6 is 0 Å². The SMILES string of the molecule is COc1ccc(C(=O)N2CCC(OCCCN)CC2)cc1[N+](=O)[O-]. The number of piperidine rings is 1. The molecule has 132 valence electrons. The molecule has 2 N–H and O–H groups in total. The monoisotopic (exact) mass is 337 g/mol. The topological polar surface area (TPSA) is 108 Å². The summed E-state index contributed by atoms with van der Waals surface area (Å²) in [6.07, 6.45) is 2.49. The Kier molecular flexibility index (Phi) is 6.51. The molecule has 0 bridgehead atoms. The minimum absolute atomic E-state index is 0.142. The molecule has 0 atom stereocenters. The molecule has 1 amide bonds. The van der Waals surface area contributed by atoms with E-state index >= 15 is 0 Å². The highest BCUT2D eigenvalue weighted by Gasteiger charge is 2.26. The number of carbonyl (C=O) groups excluding carboxylic acids is 1. The molecule has 1 saturated heterocycles. The average molecular weight is 337 g/mol. The third-order valence-electron chi connectivity index (χ3n) is 4.05. The van der Waals surface area contributed by atoms with E-state index < -0.39 is 4.92 Å². The summed E-state index contributed by atoms with van der Waals surface area (Å²) >= 11 is 0. The first kappa shape index (κ1) is 18.2. The van der Waals surface area contributed by atoms with E-state index in [1.807, 2.05) is 0 Å². The van der Waals surface area contributed by atoms with Gasteiger partial charge in [0.25, 0.3) is 5.91 Å². The standard InChI is InChI=1S/C16H23N3O5/c1-23-15-4-3-12(11-14(15)19(21)22)16(20)18-8-5-13(6-9-18)24-10-2-7-17/h3-4,11,13H,2,5-10,17H2,1H3. The van der Waals surface area contributed by atoms with Gasteiger partial charge >= 0.3 is 5.69 Å². The zero-order chi connectivity index (χ0) is 17.5. The molecule has 2 rings (SSSR count). The van der Waals surface area contributed by atoms with Gasteiger partial charge in [-0.05, 0) is 37.9 Å². The lowest BCUT2D eigenvalue weighted by Crippen LogP contribution is -2.41. The Balaban J connectivity index is 1.98. The molecule has 8 nitrogen and oxygen atoms in total. The number of amides is 1. The van der Waals surface area contributed by atoms with E-state index in [1.54, 1.807) is 11.0 Å². The van der Waals surface area contributed by atoms with E-state index in [2.05, 4.69) is 0 Å². The summed E-state index contributed by atoms with van der Waals surface area (Å²) in [6, 6.07) is 4.27. The van der Waals surface area contributed by atoms with Gasteiger partial charge in [0.2, 0.25) is 0 Å². The lowest BCUT2D eigenvalue weighted by Gasteiger charge is -2.32. The number of nitro groups is 1. The number of benzene rings is 1. The molecular formula is C16H23N3O5. The molecule has 24 heavy (non-hydrogen) atoms.